The fourth-order valence-corrected chi connectivity index (χ4v) is 35.3. The second kappa shape index (κ2) is 24.4. The zero-order chi connectivity index (χ0) is 54.7. The fourth-order valence-electron chi connectivity index (χ4n) is 11.0. The van der Waals surface area contributed by atoms with E-state index in [1.807, 2.05) is 0 Å². The molecule has 0 fully saturated rings. The summed E-state index contributed by atoms with van der Waals surface area (Å²) in [6.07, 6.45) is 0. The van der Waals surface area contributed by atoms with Crippen LogP contribution in [0, 0.1) is 0 Å². The molecule has 81 heavy (non-hydrogen) atoms. The van der Waals surface area contributed by atoms with Crippen LogP contribution in [-0.4, -0.2) is 0 Å². The van der Waals surface area contributed by atoms with Gasteiger partial charge >= 0.3 is 7.87 Å². The molecule has 392 valence electrons. The van der Waals surface area contributed by atoms with E-state index in [-0.39, 0.29) is 0 Å². The van der Waals surface area contributed by atoms with E-state index >= 15 is 0 Å². The zero-order valence-corrected chi connectivity index (χ0v) is 49.1. The first kappa shape index (κ1) is 53.6. The molecule has 0 aliphatic rings. The Morgan fingerprint density at radius 2 is 0.222 bits per heavy atom. The fraction of sp³-hybridized carbons (Fsp3) is 0. The van der Waals surface area contributed by atoms with Crippen molar-refractivity contribution in [1.29, 1.82) is 0 Å². The number of hydrogen-bond donors (Lipinski definition) is 0. The zero-order valence-electron chi connectivity index (χ0n) is 44.7. The van der Waals surface area contributed by atoms with Gasteiger partial charge in [-0.15, -0.1) is 0 Å². The summed E-state index contributed by atoms with van der Waals surface area (Å²) in [4.78, 5) is 0. The lowest BCUT2D eigenvalue weighted by atomic mass is 10.4. The van der Waals surface area contributed by atoms with Crippen molar-refractivity contribution < 1.29 is 0 Å². The molecule has 0 atom stereocenters. The second-order valence-electron chi connectivity index (χ2n) is 19.5. The SMILES string of the molecule is c1ccc(P(=N[P+](N=P(c2ccccc2)(c2ccccc2)c2ccccc2)(N=P(c2ccccc2)(c2ccccc2)c2ccccc2)N=P(c2ccccc2)(c2ccccc2)c2ccccc2)(c2ccccc2)c2ccccc2)cc1. The molecule has 9 heteroatoms. The van der Waals surface area contributed by atoms with Gasteiger partial charge in [-0.25, -0.2) is 0 Å². The van der Waals surface area contributed by atoms with E-state index in [0.717, 1.165) is 63.7 Å². The molecular formula is C72H60N4P5+. The van der Waals surface area contributed by atoms with Crippen molar-refractivity contribution in [1.82, 2.24) is 0 Å². The topological polar surface area (TPSA) is 49.4 Å². The van der Waals surface area contributed by atoms with Gasteiger partial charge in [-0.05, 0) is 0 Å². The molecule has 0 N–H and O–H groups in total. The van der Waals surface area contributed by atoms with Gasteiger partial charge < -0.3 is 0 Å². The van der Waals surface area contributed by atoms with E-state index in [1.165, 1.54) is 0 Å². The summed E-state index contributed by atoms with van der Waals surface area (Å²) >= 11 is 0. The second-order valence-corrected chi connectivity index (χ2v) is 34.7. The van der Waals surface area contributed by atoms with Gasteiger partial charge in [0.15, 0.2) is 0 Å². The third-order valence-corrected chi connectivity index (χ3v) is 35.3. The van der Waals surface area contributed by atoms with Gasteiger partial charge in [-0.2, -0.15) is 0 Å². The third-order valence-electron chi connectivity index (χ3n) is 14.6. The minimum absolute atomic E-state index is 1.08. The highest BCUT2D eigenvalue weighted by Gasteiger charge is 2.54. The maximum absolute atomic E-state index is 7.14. The van der Waals surface area contributed by atoms with Crippen molar-refractivity contribution in [2.75, 3.05) is 0 Å². The lowest BCUT2D eigenvalue weighted by Crippen LogP contribution is -2.28. The molecule has 0 unspecified atom stereocenters. The van der Waals surface area contributed by atoms with E-state index < -0.39 is 36.1 Å². The van der Waals surface area contributed by atoms with Crippen LogP contribution in [0.1, 0.15) is 0 Å². The van der Waals surface area contributed by atoms with Crippen LogP contribution in [0.25, 0.3) is 0 Å². The Bertz CT molecular complexity index is 3230. The largest absolute Gasteiger partial charge is 0.490 e. The molecule has 0 saturated carbocycles. The summed E-state index contributed by atoms with van der Waals surface area (Å²) in [5.74, 6) is 0. The van der Waals surface area contributed by atoms with Crippen LogP contribution in [0.5, 0.6) is 0 Å². The average molecular weight is 1140 g/mol. The van der Waals surface area contributed by atoms with Gasteiger partial charge in [-0.3, -0.25) is 0 Å². The van der Waals surface area contributed by atoms with Gasteiger partial charge in [0.05, 0.1) is 0 Å². The highest BCUT2D eigenvalue weighted by molar-refractivity contribution is 8.02. The predicted octanol–water partition coefficient (Wildman–Crippen LogP) is 15.4. The lowest BCUT2D eigenvalue weighted by Gasteiger charge is -2.33. The summed E-state index contributed by atoms with van der Waals surface area (Å²) in [7, 11) is -17.5. The number of nitrogens with zero attached hydrogens (tertiary/aromatic N) is 4. The monoisotopic (exact) mass is 1140 g/mol. The molecule has 4 nitrogen and oxygen atoms in total. The third kappa shape index (κ3) is 10.4. The lowest BCUT2D eigenvalue weighted by molar-refractivity contribution is 1.53. The molecule has 0 aromatic heterocycles. The van der Waals surface area contributed by atoms with Crippen molar-refractivity contribution >= 4 is 99.7 Å². The van der Waals surface area contributed by atoms with Crippen molar-refractivity contribution in [2.45, 2.75) is 0 Å². The Morgan fingerprint density at radius 1 is 0.136 bits per heavy atom. The molecule has 0 amide bonds. The van der Waals surface area contributed by atoms with Crippen LogP contribution in [0.3, 0.4) is 0 Å². The molecule has 0 heterocycles. The summed E-state index contributed by atoms with van der Waals surface area (Å²) < 4.78 is 28.6. The van der Waals surface area contributed by atoms with Gasteiger partial charge in [0.25, 0.3) is 0 Å². The van der Waals surface area contributed by atoms with Crippen LogP contribution in [0.2, 0.25) is 0 Å². The standard InChI is InChI=1S/C72H60N4P5/c1-13-37-61(38-14-1)77(62-39-15-2-16-40-62,63-41-17-3-18-42-63)73-81(74-78(64-43-19-4-20-44-64,65-45-21-5-22-46-65)66-47-23-6-24-48-66,75-79(67-49-25-7-26-50-67,68-51-27-8-28-52-68)69-53-29-9-30-54-69)76-80(70-55-31-10-32-56-70,71-57-33-11-34-58-71)72-59-35-12-36-60-72/h1-60H/q+1. The van der Waals surface area contributed by atoms with Crippen molar-refractivity contribution in [3.8, 4) is 0 Å². The first-order valence-electron chi connectivity index (χ1n) is 27.2. The van der Waals surface area contributed by atoms with Gasteiger partial charge in [0.1, 0.15) is 28.2 Å². The van der Waals surface area contributed by atoms with E-state index in [0.29, 0.717) is 0 Å². The molecule has 0 spiro atoms. The summed E-state index contributed by atoms with van der Waals surface area (Å²) in [5.41, 5.74) is 0. The number of rotatable bonds is 16. The maximum Gasteiger partial charge on any atom is 0.490 e. The molecule has 0 saturated heterocycles. The van der Waals surface area contributed by atoms with E-state index in [2.05, 4.69) is 364 Å². The van der Waals surface area contributed by atoms with Crippen molar-refractivity contribution in [3.05, 3.63) is 364 Å². The minimum atomic E-state index is -4.27. The van der Waals surface area contributed by atoms with Crippen molar-refractivity contribution in [3.63, 3.8) is 0 Å². The quantitative estimate of drug-likeness (QED) is 0.0866. The van der Waals surface area contributed by atoms with E-state index in [4.69, 9.17) is 18.1 Å². The first-order valence-corrected chi connectivity index (χ1v) is 35.8. The smallest absolute Gasteiger partial charge is 0.0622 e. The van der Waals surface area contributed by atoms with E-state index in [9.17, 15) is 0 Å². The van der Waals surface area contributed by atoms with Crippen LogP contribution in [-0.2, 0) is 0 Å². The molecule has 0 bridgehead atoms. The maximum atomic E-state index is 7.14. The molecule has 12 rings (SSSR count). The Labute approximate surface area is 478 Å². The highest BCUT2D eigenvalue weighted by Crippen LogP contribution is 2.83. The number of hydrogen-bond acceptors (Lipinski definition) is 4. The summed E-state index contributed by atoms with van der Waals surface area (Å²) in [5, 5.41) is 13.0. The molecule has 12 aromatic rings. The molecular weight excluding hydrogens is 1080 g/mol. The molecule has 12 aromatic carbocycles. The highest BCUT2D eigenvalue weighted by atomic mass is 31.3. The molecule has 0 aliphatic heterocycles. The minimum Gasteiger partial charge on any atom is -0.0622 e. The van der Waals surface area contributed by atoms with Crippen LogP contribution in [0.15, 0.2) is 382 Å². The molecule has 0 radical (unpaired) electrons. The van der Waals surface area contributed by atoms with Gasteiger partial charge in [-0.1, -0.05) is 382 Å². The first-order chi connectivity index (χ1) is 40.1. The summed E-state index contributed by atoms with van der Waals surface area (Å²) in [6.45, 7) is 0. The van der Waals surface area contributed by atoms with Crippen LogP contribution < -0.4 is 63.7 Å². The Balaban J connectivity index is 1.53. The van der Waals surface area contributed by atoms with Crippen LogP contribution >= 0.6 is 36.1 Å². The van der Waals surface area contributed by atoms with Crippen molar-refractivity contribution in [2.24, 2.45) is 18.1 Å². The Kier molecular flexibility index (Phi) is 16.1. The van der Waals surface area contributed by atoms with E-state index in [1.54, 1.807) is 0 Å². The molecule has 0 aliphatic carbocycles. The van der Waals surface area contributed by atoms with Gasteiger partial charge in [0.2, 0.25) is 0 Å². The average Bonchev–Trinajstić information content (AvgIpc) is 3.74. The Hall–Kier alpha value is -8.01. The van der Waals surface area contributed by atoms with Gasteiger partial charge in [0, 0.05) is 63.7 Å². The predicted molar refractivity (Wildman–Crippen MR) is 357 cm³/mol. The number of benzene rings is 12. The van der Waals surface area contributed by atoms with Crippen LogP contribution in [0.4, 0.5) is 0 Å². The Morgan fingerprint density at radius 3 is 0.309 bits per heavy atom. The summed E-state index contributed by atoms with van der Waals surface area (Å²) in [6, 6.07) is 132. The normalized spacial score (nSPS) is 12.0.